The molecule has 0 aliphatic rings. The molecule has 0 bridgehead atoms. The first-order valence-electron chi connectivity index (χ1n) is 5.86. The SMILES string of the molecule is Cc1cccc(CNCc2cc(F)c(O)c(F)c2)n1. The Morgan fingerprint density at radius 2 is 1.84 bits per heavy atom. The Morgan fingerprint density at radius 1 is 1.16 bits per heavy atom. The molecular weight excluding hydrogens is 250 g/mol. The van der Waals surface area contributed by atoms with Crippen molar-refractivity contribution in [3.63, 3.8) is 0 Å². The van der Waals surface area contributed by atoms with Crippen LogP contribution in [0.15, 0.2) is 30.3 Å². The molecular formula is C14H14F2N2O. The number of aryl methyl sites for hydroxylation is 1. The summed E-state index contributed by atoms with van der Waals surface area (Å²) in [7, 11) is 0. The Labute approximate surface area is 109 Å². The fourth-order valence-electron chi connectivity index (χ4n) is 1.75. The molecule has 0 spiro atoms. The lowest BCUT2D eigenvalue weighted by Crippen LogP contribution is -2.14. The number of pyridine rings is 1. The van der Waals surface area contributed by atoms with E-state index in [1.807, 2.05) is 25.1 Å². The molecule has 19 heavy (non-hydrogen) atoms. The van der Waals surface area contributed by atoms with Crippen LogP contribution in [0.5, 0.6) is 5.75 Å². The third kappa shape index (κ3) is 3.48. The second kappa shape index (κ2) is 5.75. The van der Waals surface area contributed by atoms with Gasteiger partial charge in [0, 0.05) is 18.8 Å². The van der Waals surface area contributed by atoms with Crippen LogP contribution in [0.25, 0.3) is 0 Å². The number of hydrogen-bond donors (Lipinski definition) is 2. The van der Waals surface area contributed by atoms with E-state index in [1.165, 1.54) is 0 Å². The van der Waals surface area contributed by atoms with Crippen molar-refractivity contribution in [1.82, 2.24) is 10.3 Å². The zero-order valence-corrected chi connectivity index (χ0v) is 10.5. The quantitative estimate of drug-likeness (QED) is 0.892. The molecule has 5 heteroatoms. The molecule has 2 N–H and O–H groups in total. The van der Waals surface area contributed by atoms with Crippen molar-refractivity contribution in [3.05, 3.63) is 58.9 Å². The first-order chi connectivity index (χ1) is 9.06. The van der Waals surface area contributed by atoms with Crippen molar-refractivity contribution in [2.45, 2.75) is 20.0 Å². The summed E-state index contributed by atoms with van der Waals surface area (Å²) in [5, 5.41) is 12.0. The highest BCUT2D eigenvalue weighted by molar-refractivity contribution is 5.30. The summed E-state index contributed by atoms with van der Waals surface area (Å²) in [6.45, 7) is 2.70. The fraction of sp³-hybridized carbons (Fsp3) is 0.214. The number of hydrogen-bond acceptors (Lipinski definition) is 3. The zero-order chi connectivity index (χ0) is 13.8. The van der Waals surface area contributed by atoms with Crippen LogP contribution >= 0.6 is 0 Å². The van der Waals surface area contributed by atoms with Gasteiger partial charge in [-0.05, 0) is 36.8 Å². The normalized spacial score (nSPS) is 10.7. The number of aromatic hydroxyl groups is 1. The number of halogens is 2. The molecule has 2 aromatic rings. The van der Waals surface area contributed by atoms with Crippen molar-refractivity contribution in [3.8, 4) is 5.75 Å². The average molecular weight is 264 g/mol. The smallest absolute Gasteiger partial charge is 0.187 e. The molecule has 3 nitrogen and oxygen atoms in total. The highest BCUT2D eigenvalue weighted by Crippen LogP contribution is 2.21. The van der Waals surface area contributed by atoms with Crippen LogP contribution in [0.3, 0.4) is 0 Å². The number of rotatable bonds is 4. The van der Waals surface area contributed by atoms with Crippen LogP contribution in [0.1, 0.15) is 17.0 Å². The van der Waals surface area contributed by atoms with E-state index in [4.69, 9.17) is 5.11 Å². The van der Waals surface area contributed by atoms with Crippen molar-refractivity contribution >= 4 is 0 Å². The molecule has 0 saturated heterocycles. The number of aromatic nitrogens is 1. The third-order valence-corrected chi connectivity index (χ3v) is 2.66. The number of nitrogens with one attached hydrogen (secondary N) is 1. The van der Waals surface area contributed by atoms with E-state index in [9.17, 15) is 8.78 Å². The van der Waals surface area contributed by atoms with E-state index in [1.54, 1.807) is 0 Å². The van der Waals surface area contributed by atoms with Gasteiger partial charge in [-0.25, -0.2) is 8.78 Å². The second-order valence-electron chi connectivity index (χ2n) is 4.28. The molecule has 0 aliphatic carbocycles. The number of benzene rings is 1. The molecule has 0 fully saturated rings. The van der Waals surface area contributed by atoms with Gasteiger partial charge >= 0.3 is 0 Å². The summed E-state index contributed by atoms with van der Waals surface area (Å²) < 4.78 is 26.2. The van der Waals surface area contributed by atoms with Crippen LogP contribution in [0, 0.1) is 18.6 Å². The van der Waals surface area contributed by atoms with Crippen LogP contribution in [-0.4, -0.2) is 10.1 Å². The maximum Gasteiger partial charge on any atom is 0.187 e. The zero-order valence-electron chi connectivity index (χ0n) is 10.5. The van der Waals surface area contributed by atoms with E-state index >= 15 is 0 Å². The van der Waals surface area contributed by atoms with Gasteiger partial charge in [-0.3, -0.25) is 4.98 Å². The van der Waals surface area contributed by atoms with Gasteiger partial charge in [0.15, 0.2) is 17.4 Å². The molecule has 0 amide bonds. The highest BCUT2D eigenvalue weighted by Gasteiger charge is 2.09. The fourth-order valence-corrected chi connectivity index (χ4v) is 1.75. The Kier molecular flexibility index (Phi) is 4.06. The first-order valence-corrected chi connectivity index (χ1v) is 5.86. The number of phenols is 1. The summed E-state index contributed by atoms with van der Waals surface area (Å²) in [5.41, 5.74) is 2.21. The van der Waals surface area contributed by atoms with Gasteiger partial charge in [-0.15, -0.1) is 0 Å². The number of nitrogens with zero attached hydrogens (tertiary/aromatic N) is 1. The molecule has 1 heterocycles. The predicted octanol–water partition coefficient (Wildman–Crippen LogP) is 2.66. The van der Waals surface area contributed by atoms with E-state index in [0.717, 1.165) is 23.5 Å². The summed E-state index contributed by atoms with van der Waals surface area (Å²) >= 11 is 0. The summed E-state index contributed by atoms with van der Waals surface area (Å²) in [6, 6.07) is 7.88. The van der Waals surface area contributed by atoms with Crippen LogP contribution in [0.2, 0.25) is 0 Å². The van der Waals surface area contributed by atoms with E-state index in [-0.39, 0.29) is 0 Å². The minimum absolute atomic E-state index is 0.295. The van der Waals surface area contributed by atoms with Crippen LogP contribution in [-0.2, 0) is 13.1 Å². The number of phenolic OH excluding ortho intramolecular Hbond substituents is 1. The minimum atomic E-state index is -0.953. The Morgan fingerprint density at radius 3 is 2.47 bits per heavy atom. The molecule has 0 atom stereocenters. The largest absolute Gasteiger partial charge is 0.503 e. The van der Waals surface area contributed by atoms with Gasteiger partial charge in [0.25, 0.3) is 0 Å². The molecule has 0 unspecified atom stereocenters. The average Bonchev–Trinajstić information content (AvgIpc) is 2.36. The third-order valence-electron chi connectivity index (χ3n) is 2.66. The predicted molar refractivity (Wildman–Crippen MR) is 67.5 cm³/mol. The molecule has 100 valence electrons. The maximum atomic E-state index is 13.1. The van der Waals surface area contributed by atoms with Gasteiger partial charge in [-0.2, -0.15) is 0 Å². The lowest BCUT2D eigenvalue weighted by molar-refractivity contribution is 0.395. The van der Waals surface area contributed by atoms with Crippen LogP contribution < -0.4 is 5.32 Å². The summed E-state index contributed by atoms with van der Waals surface area (Å²) in [4.78, 5) is 4.30. The highest BCUT2D eigenvalue weighted by atomic mass is 19.1. The van der Waals surface area contributed by atoms with Crippen molar-refractivity contribution in [2.75, 3.05) is 0 Å². The molecule has 1 aromatic carbocycles. The monoisotopic (exact) mass is 264 g/mol. The van der Waals surface area contributed by atoms with Gasteiger partial charge in [0.05, 0.1) is 5.69 Å². The van der Waals surface area contributed by atoms with Crippen molar-refractivity contribution < 1.29 is 13.9 Å². The van der Waals surface area contributed by atoms with E-state index < -0.39 is 17.4 Å². The van der Waals surface area contributed by atoms with Crippen molar-refractivity contribution in [1.29, 1.82) is 0 Å². The van der Waals surface area contributed by atoms with Gasteiger partial charge in [0.1, 0.15) is 0 Å². The Balaban J connectivity index is 1.96. The lowest BCUT2D eigenvalue weighted by atomic mass is 10.2. The van der Waals surface area contributed by atoms with Crippen LogP contribution in [0.4, 0.5) is 8.78 Å². The maximum absolute atomic E-state index is 13.1. The summed E-state index contributed by atoms with van der Waals surface area (Å²) in [6.07, 6.45) is 0. The topological polar surface area (TPSA) is 45.1 Å². The molecule has 0 radical (unpaired) electrons. The minimum Gasteiger partial charge on any atom is -0.503 e. The van der Waals surface area contributed by atoms with E-state index in [2.05, 4.69) is 10.3 Å². The molecule has 0 saturated carbocycles. The lowest BCUT2D eigenvalue weighted by Gasteiger charge is -2.06. The first kappa shape index (κ1) is 13.4. The van der Waals surface area contributed by atoms with Gasteiger partial charge in [-0.1, -0.05) is 6.07 Å². The standard InChI is InChI=1S/C14H14F2N2O/c1-9-3-2-4-11(18-9)8-17-7-10-5-12(15)14(19)13(16)6-10/h2-6,17,19H,7-8H2,1H3. The molecule has 0 aliphatic heterocycles. The molecule has 1 aromatic heterocycles. The van der Waals surface area contributed by atoms with Crippen molar-refractivity contribution in [2.24, 2.45) is 0 Å². The summed E-state index contributed by atoms with van der Waals surface area (Å²) in [5.74, 6) is -2.85. The Bertz CT molecular complexity index is 564. The van der Waals surface area contributed by atoms with Gasteiger partial charge < -0.3 is 10.4 Å². The van der Waals surface area contributed by atoms with E-state index in [0.29, 0.717) is 18.7 Å². The second-order valence-corrected chi connectivity index (χ2v) is 4.28. The molecule has 2 rings (SSSR count). The Hall–Kier alpha value is -2.01. The van der Waals surface area contributed by atoms with Gasteiger partial charge in [0.2, 0.25) is 0 Å².